The van der Waals surface area contributed by atoms with Gasteiger partial charge in [0.2, 0.25) is 0 Å². The summed E-state index contributed by atoms with van der Waals surface area (Å²) < 4.78 is 0. The molecular formula is C10H13BrOS. The number of aryl methyl sites for hydroxylation is 2. The highest BCUT2D eigenvalue weighted by Crippen LogP contribution is 2.24. The van der Waals surface area contributed by atoms with Gasteiger partial charge in [-0.2, -0.15) is 0 Å². The lowest BCUT2D eigenvalue weighted by Gasteiger charge is -2.04. The van der Waals surface area contributed by atoms with Crippen molar-refractivity contribution in [2.45, 2.75) is 32.0 Å². The number of halogens is 1. The first-order chi connectivity index (χ1) is 6.06. The predicted molar refractivity (Wildman–Crippen MR) is 61.1 cm³/mol. The number of Topliss-reactive ketones (excluding diaryl/α,β-unsaturated/α-hetero) is 1. The van der Waals surface area contributed by atoms with Crippen molar-refractivity contribution >= 4 is 33.0 Å². The minimum Gasteiger partial charge on any atom is -0.293 e. The summed E-state index contributed by atoms with van der Waals surface area (Å²) in [6, 6.07) is 1.98. The van der Waals surface area contributed by atoms with E-state index in [0.29, 0.717) is 0 Å². The van der Waals surface area contributed by atoms with E-state index in [4.69, 9.17) is 0 Å². The smallest absolute Gasteiger partial charge is 0.177 e. The fraction of sp³-hybridized carbons (Fsp3) is 0.500. The lowest BCUT2D eigenvalue weighted by molar-refractivity contribution is 0.0990. The summed E-state index contributed by atoms with van der Waals surface area (Å²) in [6.07, 6.45) is 0.840. The molecule has 0 saturated heterocycles. The number of thiophene rings is 1. The van der Waals surface area contributed by atoms with Crippen LogP contribution in [0.15, 0.2) is 6.07 Å². The van der Waals surface area contributed by atoms with Gasteiger partial charge in [0.25, 0.3) is 0 Å². The molecule has 0 aliphatic carbocycles. The van der Waals surface area contributed by atoms with Crippen molar-refractivity contribution in [3.63, 3.8) is 0 Å². The summed E-state index contributed by atoms with van der Waals surface area (Å²) in [6.45, 7) is 6.04. The zero-order valence-corrected chi connectivity index (χ0v) is 10.5. The van der Waals surface area contributed by atoms with Gasteiger partial charge in [0.05, 0.1) is 4.83 Å². The van der Waals surface area contributed by atoms with E-state index >= 15 is 0 Å². The number of hydrogen-bond donors (Lipinski definition) is 0. The maximum Gasteiger partial charge on any atom is 0.177 e. The number of ketones is 1. The highest BCUT2D eigenvalue weighted by atomic mass is 79.9. The fourth-order valence-corrected chi connectivity index (χ4v) is 2.41. The molecular weight excluding hydrogens is 248 g/mol. The highest BCUT2D eigenvalue weighted by molar-refractivity contribution is 9.10. The molecule has 0 fully saturated rings. The van der Waals surface area contributed by atoms with Crippen LogP contribution in [0.1, 0.15) is 33.5 Å². The first kappa shape index (κ1) is 10.9. The van der Waals surface area contributed by atoms with Crippen LogP contribution < -0.4 is 0 Å². The number of hydrogen-bond acceptors (Lipinski definition) is 2. The third-order valence-corrected chi connectivity index (χ3v) is 3.98. The third kappa shape index (κ3) is 2.41. The van der Waals surface area contributed by atoms with Gasteiger partial charge in [0, 0.05) is 15.3 Å². The molecule has 72 valence electrons. The van der Waals surface area contributed by atoms with Crippen molar-refractivity contribution in [2.75, 3.05) is 0 Å². The van der Waals surface area contributed by atoms with Crippen LogP contribution in [0.5, 0.6) is 0 Å². The van der Waals surface area contributed by atoms with E-state index in [-0.39, 0.29) is 10.6 Å². The third-order valence-electron chi connectivity index (χ3n) is 1.95. The molecule has 0 N–H and O–H groups in total. The summed E-state index contributed by atoms with van der Waals surface area (Å²) in [5, 5.41) is 0. The molecule has 1 heterocycles. The second-order valence-electron chi connectivity index (χ2n) is 3.07. The van der Waals surface area contributed by atoms with Gasteiger partial charge in [-0.05, 0) is 26.3 Å². The lowest BCUT2D eigenvalue weighted by atomic mass is 10.1. The molecule has 0 radical (unpaired) electrons. The predicted octanol–water partition coefficient (Wildman–Crippen LogP) is 3.72. The molecule has 1 aromatic rings. The van der Waals surface area contributed by atoms with E-state index in [0.717, 1.165) is 16.9 Å². The number of alkyl halides is 1. The summed E-state index contributed by atoms with van der Waals surface area (Å²) in [7, 11) is 0. The van der Waals surface area contributed by atoms with Gasteiger partial charge >= 0.3 is 0 Å². The van der Waals surface area contributed by atoms with Crippen molar-refractivity contribution in [3.05, 3.63) is 21.4 Å². The minimum atomic E-state index is -0.0276. The molecule has 1 unspecified atom stereocenters. The van der Waals surface area contributed by atoms with Crippen molar-refractivity contribution < 1.29 is 4.79 Å². The Morgan fingerprint density at radius 1 is 1.62 bits per heavy atom. The SMILES string of the molecule is CCC(Br)C(=O)c1cc(C)sc1C. The quantitative estimate of drug-likeness (QED) is 0.598. The number of carbonyl (C=O) groups excluding carboxylic acids is 1. The maximum atomic E-state index is 11.8. The fourth-order valence-electron chi connectivity index (χ4n) is 1.23. The summed E-state index contributed by atoms with van der Waals surface area (Å²) in [5.41, 5.74) is 0.881. The molecule has 0 aliphatic heterocycles. The van der Waals surface area contributed by atoms with Crippen LogP contribution in [-0.4, -0.2) is 10.6 Å². The molecule has 0 aliphatic rings. The van der Waals surface area contributed by atoms with Crippen LogP contribution in [0.3, 0.4) is 0 Å². The first-order valence-electron chi connectivity index (χ1n) is 4.31. The van der Waals surface area contributed by atoms with Gasteiger partial charge in [-0.1, -0.05) is 22.9 Å². The molecule has 0 bridgehead atoms. The largest absolute Gasteiger partial charge is 0.293 e. The normalized spacial score (nSPS) is 12.9. The van der Waals surface area contributed by atoms with Gasteiger partial charge < -0.3 is 0 Å². The van der Waals surface area contributed by atoms with Crippen LogP contribution in [0.25, 0.3) is 0 Å². The molecule has 1 atom stereocenters. The minimum absolute atomic E-state index is 0.0276. The molecule has 0 aromatic carbocycles. The van der Waals surface area contributed by atoms with Crippen molar-refractivity contribution in [2.24, 2.45) is 0 Å². The van der Waals surface area contributed by atoms with E-state index in [2.05, 4.69) is 15.9 Å². The zero-order chi connectivity index (χ0) is 10.0. The highest BCUT2D eigenvalue weighted by Gasteiger charge is 2.18. The Labute approximate surface area is 91.3 Å². The van der Waals surface area contributed by atoms with Crippen LogP contribution >= 0.6 is 27.3 Å². The first-order valence-corrected chi connectivity index (χ1v) is 6.04. The van der Waals surface area contributed by atoms with Crippen molar-refractivity contribution in [1.29, 1.82) is 0 Å². The molecule has 0 amide bonds. The van der Waals surface area contributed by atoms with E-state index in [1.54, 1.807) is 11.3 Å². The molecule has 0 saturated carbocycles. The number of rotatable bonds is 3. The van der Waals surface area contributed by atoms with Crippen LogP contribution in [-0.2, 0) is 0 Å². The number of carbonyl (C=O) groups is 1. The van der Waals surface area contributed by atoms with Crippen LogP contribution in [0.4, 0.5) is 0 Å². The van der Waals surface area contributed by atoms with E-state index in [9.17, 15) is 4.79 Å². The molecule has 13 heavy (non-hydrogen) atoms. The Morgan fingerprint density at radius 3 is 2.62 bits per heavy atom. The molecule has 1 aromatic heterocycles. The Hall–Kier alpha value is -0.150. The topological polar surface area (TPSA) is 17.1 Å². The summed E-state index contributed by atoms with van der Waals surface area (Å²) >= 11 is 5.06. The molecule has 1 nitrogen and oxygen atoms in total. The Balaban J connectivity index is 2.94. The molecule has 0 spiro atoms. The van der Waals surface area contributed by atoms with Crippen molar-refractivity contribution in [1.82, 2.24) is 0 Å². The van der Waals surface area contributed by atoms with Crippen LogP contribution in [0.2, 0.25) is 0 Å². The zero-order valence-electron chi connectivity index (χ0n) is 8.06. The maximum absolute atomic E-state index is 11.8. The molecule has 3 heteroatoms. The van der Waals surface area contributed by atoms with Crippen molar-refractivity contribution in [3.8, 4) is 0 Å². The van der Waals surface area contributed by atoms with E-state index in [1.807, 2.05) is 26.8 Å². The second-order valence-corrected chi connectivity index (χ2v) is 5.63. The van der Waals surface area contributed by atoms with Gasteiger partial charge in [-0.15, -0.1) is 11.3 Å². The van der Waals surface area contributed by atoms with Gasteiger partial charge in [0.1, 0.15) is 0 Å². The van der Waals surface area contributed by atoms with Gasteiger partial charge in [0.15, 0.2) is 5.78 Å². The second kappa shape index (κ2) is 4.38. The summed E-state index contributed by atoms with van der Waals surface area (Å²) in [4.78, 5) is 14.1. The lowest BCUT2D eigenvalue weighted by Crippen LogP contribution is -2.12. The molecule has 1 rings (SSSR count). The Morgan fingerprint density at radius 2 is 2.23 bits per heavy atom. The van der Waals surface area contributed by atoms with E-state index in [1.165, 1.54) is 4.88 Å². The standard InChI is InChI=1S/C10H13BrOS/c1-4-9(11)10(12)8-5-6(2)13-7(8)3/h5,9H,4H2,1-3H3. The average molecular weight is 261 g/mol. The monoisotopic (exact) mass is 260 g/mol. The van der Waals surface area contributed by atoms with Gasteiger partial charge in [-0.25, -0.2) is 0 Å². The average Bonchev–Trinajstić information content (AvgIpc) is 2.42. The van der Waals surface area contributed by atoms with E-state index < -0.39 is 0 Å². The van der Waals surface area contributed by atoms with Gasteiger partial charge in [-0.3, -0.25) is 4.79 Å². The Kier molecular flexibility index (Phi) is 3.68. The summed E-state index contributed by atoms with van der Waals surface area (Å²) in [5.74, 6) is 0.212. The van der Waals surface area contributed by atoms with Crippen LogP contribution in [0, 0.1) is 13.8 Å². The Bertz CT molecular complexity index is 317.